The summed E-state index contributed by atoms with van der Waals surface area (Å²) in [6, 6.07) is 4.81. The maximum absolute atomic E-state index is 12.4. The highest BCUT2D eigenvalue weighted by Gasteiger charge is 2.17. The Bertz CT molecular complexity index is 612. The Morgan fingerprint density at radius 3 is 2.65 bits per heavy atom. The van der Waals surface area contributed by atoms with Crippen LogP contribution in [0.3, 0.4) is 0 Å². The number of carbonyl (C=O) groups excluding carboxylic acids is 1. The Kier molecular flexibility index (Phi) is 3.99. The lowest BCUT2D eigenvalue weighted by atomic mass is 10.1. The molecule has 20 heavy (non-hydrogen) atoms. The van der Waals surface area contributed by atoms with Gasteiger partial charge in [-0.3, -0.25) is 4.79 Å². The Hall–Kier alpha value is -2.01. The van der Waals surface area contributed by atoms with E-state index in [1.165, 1.54) is 0 Å². The molecule has 1 amide bonds. The van der Waals surface area contributed by atoms with Gasteiger partial charge in [-0.2, -0.15) is 0 Å². The van der Waals surface area contributed by atoms with E-state index in [0.29, 0.717) is 28.6 Å². The van der Waals surface area contributed by atoms with E-state index in [0.717, 1.165) is 11.3 Å². The molecule has 0 bridgehead atoms. The summed E-state index contributed by atoms with van der Waals surface area (Å²) < 4.78 is 5.09. The number of hydrogen-bond donors (Lipinski definition) is 1. The quantitative estimate of drug-likeness (QED) is 0.883. The highest BCUT2D eigenvalue weighted by Crippen LogP contribution is 2.20. The van der Waals surface area contributed by atoms with Crippen LogP contribution in [-0.2, 0) is 6.54 Å². The fourth-order valence-corrected chi connectivity index (χ4v) is 2.24. The number of carbonyl (C=O) groups is 1. The number of anilines is 1. The number of amides is 1. The minimum absolute atomic E-state index is 0.154. The molecular formula is C14H16ClN3O2. The van der Waals surface area contributed by atoms with Crippen LogP contribution >= 0.6 is 11.6 Å². The van der Waals surface area contributed by atoms with E-state index in [4.69, 9.17) is 21.9 Å². The molecule has 0 saturated heterocycles. The zero-order valence-electron chi connectivity index (χ0n) is 11.6. The number of rotatable bonds is 3. The van der Waals surface area contributed by atoms with Gasteiger partial charge in [-0.05, 0) is 32.0 Å². The van der Waals surface area contributed by atoms with Crippen LogP contribution in [-0.4, -0.2) is 23.0 Å². The molecule has 2 rings (SSSR count). The maximum Gasteiger partial charge on any atom is 0.254 e. The molecule has 0 aliphatic rings. The summed E-state index contributed by atoms with van der Waals surface area (Å²) >= 11 is 5.92. The van der Waals surface area contributed by atoms with Crippen LogP contribution < -0.4 is 5.73 Å². The van der Waals surface area contributed by atoms with E-state index in [1.54, 1.807) is 30.1 Å². The molecule has 1 heterocycles. The van der Waals surface area contributed by atoms with Crippen molar-refractivity contribution < 1.29 is 9.32 Å². The Balaban J connectivity index is 2.20. The van der Waals surface area contributed by atoms with Gasteiger partial charge in [-0.15, -0.1) is 0 Å². The molecule has 5 nitrogen and oxygen atoms in total. The number of halogens is 1. The molecule has 1 aromatic carbocycles. The van der Waals surface area contributed by atoms with Crippen LogP contribution in [0.1, 0.15) is 27.4 Å². The largest absolute Gasteiger partial charge is 0.399 e. The highest BCUT2D eigenvalue weighted by molar-refractivity contribution is 6.31. The van der Waals surface area contributed by atoms with Crippen molar-refractivity contribution in [1.29, 1.82) is 0 Å². The van der Waals surface area contributed by atoms with Crippen LogP contribution in [0, 0.1) is 13.8 Å². The van der Waals surface area contributed by atoms with Crippen molar-refractivity contribution in [2.24, 2.45) is 0 Å². The molecule has 0 radical (unpaired) electrons. The maximum atomic E-state index is 12.4. The van der Waals surface area contributed by atoms with E-state index in [9.17, 15) is 4.79 Å². The van der Waals surface area contributed by atoms with E-state index in [1.807, 2.05) is 13.8 Å². The molecule has 0 aliphatic heterocycles. The Morgan fingerprint density at radius 1 is 1.40 bits per heavy atom. The van der Waals surface area contributed by atoms with Crippen molar-refractivity contribution in [2.45, 2.75) is 20.4 Å². The summed E-state index contributed by atoms with van der Waals surface area (Å²) in [5.74, 6) is 0.562. The van der Waals surface area contributed by atoms with E-state index in [2.05, 4.69) is 5.16 Å². The average molecular weight is 294 g/mol. The highest BCUT2D eigenvalue weighted by atomic mass is 35.5. The lowest BCUT2D eigenvalue weighted by Crippen LogP contribution is -2.26. The van der Waals surface area contributed by atoms with Crippen molar-refractivity contribution in [3.8, 4) is 0 Å². The van der Waals surface area contributed by atoms with Gasteiger partial charge in [0.25, 0.3) is 5.91 Å². The summed E-state index contributed by atoms with van der Waals surface area (Å²) in [6.07, 6.45) is 0. The van der Waals surface area contributed by atoms with Gasteiger partial charge in [0.2, 0.25) is 0 Å². The summed E-state index contributed by atoms with van der Waals surface area (Å²) in [5.41, 5.74) is 8.33. The SMILES string of the molecule is Cc1noc(C)c1CN(C)C(=O)c1cc(N)cc(Cl)c1. The van der Waals surface area contributed by atoms with Crippen LogP contribution in [0.4, 0.5) is 5.69 Å². The molecule has 2 N–H and O–H groups in total. The lowest BCUT2D eigenvalue weighted by Gasteiger charge is -2.17. The number of benzene rings is 1. The van der Waals surface area contributed by atoms with E-state index < -0.39 is 0 Å². The molecule has 0 saturated carbocycles. The first-order valence-corrected chi connectivity index (χ1v) is 6.49. The van der Waals surface area contributed by atoms with Crippen LogP contribution in [0.15, 0.2) is 22.7 Å². The zero-order valence-corrected chi connectivity index (χ0v) is 12.4. The fraction of sp³-hybridized carbons (Fsp3) is 0.286. The van der Waals surface area contributed by atoms with Gasteiger partial charge < -0.3 is 15.2 Å². The minimum Gasteiger partial charge on any atom is -0.399 e. The molecule has 0 spiro atoms. The predicted octanol–water partition coefficient (Wildman–Crippen LogP) is 2.80. The second-order valence-corrected chi connectivity index (χ2v) is 5.17. The fourth-order valence-electron chi connectivity index (χ4n) is 1.99. The smallest absolute Gasteiger partial charge is 0.254 e. The topological polar surface area (TPSA) is 72.4 Å². The normalized spacial score (nSPS) is 10.6. The Morgan fingerprint density at radius 2 is 2.10 bits per heavy atom. The van der Waals surface area contributed by atoms with Gasteiger partial charge in [0.05, 0.1) is 12.2 Å². The summed E-state index contributed by atoms with van der Waals surface area (Å²) in [7, 11) is 1.71. The second-order valence-electron chi connectivity index (χ2n) is 4.74. The van der Waals surface area contributed by atoms with Crippen LogP contribution in [0.25, 0.3) is 0 Å². The molecule has 1 aromatic heterocycles. The van der Waals surface area contributed by atoms with Gasteiger partial charge >= 0.3 is 0 Å². The number of aryl methyl sites for hydroxylation is 2. The summed E-state index contributed by atoms with van der Waals surface area (Å²) in [6.45, 7) is 4.10. The van der Waals surface area contributed by atoms with Gasteiger partial charge in [-0.1, -0.05) is 16.8 Å². The monoisotopic (exact) mass is 293 g/mol. The molecule has 106 valence electrons. The minimum atomic E-state index is -0.154. The molecule has 0 atom stereocenters. The van der Waals surface area contributed by atoms with Gasteiger partial charge in [0, 0.05) is 28.9 Å². The first kappa shape index (κ1) is 14.4. The zero-order chi connectivity index (χ0) is 14.9. The van der Waals surface area contributed by atoms with Crippen molar-refractivity contribution in [2.75, 3.05) is 12.8 Å². The van der Waals surface area contributed by atoms with Crippen LogP contribution in [0.2, 0.25) is 5.02 Å². The molecule has 0 fully saturated rings. The number of nitrogens with zero attached hydrogens (tertiary/aromatic N) is 2. The van der Waals surface area contributed by atoms with E-state index >= 15 is 0 Å². The third-order valence-electron chi connectivity index (χ3n) is 3.09. The average Bonchev–Trinajstić information content (AvgIpc) is 2.68. The third kappa shape index (κ3) is 2.93. The molecule has 6 heteroatoms. The molecule has 2 aromatic rings. The first-order chi connectivity index (χ1) is 9.38. The number of nitrogen functional groups attached to an aromatic ring is 1. The second kappa shape index (κ2) is 5.54. The number of hydrogen-bond acceptors (Lipinski definition) is 4. The standard InChI is InChI=1S/C14H16ClN3O2/c1-8-13(9(2)20-17-8)7-18(3)14(19)10-4-11(15)6-12(16)5-10/h4-6H,7,16H2,1-3H3. The van der Waals surface area contributed by atoms with Crippen molar-refractivity contribution in [3.63, 3.8) is 0 Å². The lowest BCUT2D eigenvalue weighted by molar-refractivity contribution is 0.0784. The van der Waals surface area contributed by atoms with Crippen molar-refractivity contribution in [1.82, 2.24) is 10.1 Å². The van der Waals surface area contributed by atoms with Gasteiger partial charge in [0.1, 0.15) is 5.76 Å². The molecular weight excluding hydrogens is 278 g/mol. The third-order valence-corrected chi connectivity index (χ3v) is 3.31. The van der Waals surface area contributed by atoms with E-state index in [-0.39, 0.29) is 5.91 Å². The first-order valence-electron chi connectivity index (χ1n) is 6.11. The Labute approximate surface area is 122 Å². The molecule has 0 aliphatic carbocycles. The van der Waals surface area contributed by atoms with Crippen molar-refractivity contribution >= 4 is 23.2 Å². The summed E-state index contributed by atoms with van der Waals surface area (Å²) in [5, 5.41) is 4.32. The molecule has 0 unspecified atom stereocenters. The number of nitrogens with two attached hydrogens (primary N) is 1. The summed E-state index contributed by atoms with van der Waals surface area (Å²) in [4.78, 5) is 13.9. The van der Waals surface area contributed by atoms with Crippen molar-refractivity contribution in [3.05, 3.63) is 45.8 Å². The van der Waals surface area contributed by atoms with Gasteiger partial charge in [0.15, 0.2) is 0 Å². The predicted molar refractivity (Wildman–Crippen MR) is 77.6 cm³/mol. The van der Waals surface area contributed by atoms with Gasteiger partial charge in [-0.25, -0.2) is 0 Å². The number of aromatic nitrogens is 1. The van der Waals surface area contributed by atoms with Crippen LogP contribution in [0.5, 0.6) is 0 Å².